The highest BCUT2D eigenvalue weighted by atomic mass is 16.3. The first-order valence-electron chi connectivity index (χ1n) is 13.0. The van der Waals surface area contributed by atoms with Gasteiger partial charge in [0.25, 0.3) is 0 Å². The first kappa shape index (κ1) is 24.8. The predicted molar refractivity (Wildman–Crippen MR) is 154 cm³/mol. The number of anilines is 1. The van der Waals surface area contributed by atoms with Gasteiger partial charge in [-0.15, -0.1) is 0 Å². The quantitative estimate of drug-likeness (QED) is 0.369. The molecule has 0 atom stereocenters. The molecule has 0 amide bonds. The Kier molecular flexibility index (Phi) is 5.79. The number of para-hydroxylation sites is 1. The number of allylic oxidation sites excluding steroid dienone is 6. The zero-order chi connectivity index (χ0) is 26.7. The largest absolute Gasteiger partial charge is 0.506 e. The van der Waals surface area contributed by atoms with Crippen LogP contribution in [0.3, 0.4) is 0 Å². The lowest BCUT2D eigenvalue weighted by Gasteiger charge is -2.31. The van der Waals surface area contributed by atoms with Gasteiger partial charge in [0.2, 0.25) is 5.78 Å². The van der Waals surface area contributed by atoms with Crippen LogP contribution in [0, 0.1) is 6.92 Å². The van der Waals surface area contributed by atoms with Crippen molar-refractivity contribution in [3.63, 3.8) is 0 Å². The van der Waals surface area contributed by atoms with Gasteiger partial charge in [-0.1, -0.05) is 88.9 Å². The topological polar surface area (TPSA) is 40.5 Å². The van der Waals surface area contributed by atoms with E-state index in [-0.39, 0.29) is 17.0 Å². The number of aliphatic hydroxyl groups is 1. The summed E-state index contributed by atoms with van der Waals surface area (Å²) in [4.78, 5) is 15.6. The summed E-state index contributed by atoms with van der Waals surface area (Å²) in [7, 11) is 0. The van der Waals surface area contributed by atoms with Crippen molar-refractivity contribution in [2.45, 2.75) is 52.4 Å². The number of nitrogens with zero attached hydrogens (tertiary/aromatic N) is 1. The number of rotatable bonds is 5. The Hall–Kier alpha value is -3.85. The Balaban J connectivity index is 1.52. The van der Waals surface area contributed by atoms with Crippen molar-refractivity contribution in [2.75, 3.05) is 11.4 Å². The third-order valence-electron chi connectivity index (χ3n) is 8.28. The molecule has 0 saturated carbocycles. The number of aliphatic hydroxyl groups excluding tert-OH is 1. The van der Waals surface area contributed by atoms with Crippen LogP contribution in [0.5, 0.6) is 0 Å². The van der Waals surface area contributed by atoms with Crippen molar-refractivity contribution in [1.82, 2.24) is 0 Å². The second-order valence-corrected chi connectivity index (χ2v) is 11.2. The van der Waals surface area contributed by atoms with Crippen molar-refractivity contribution < 1.29 is 9.90 Å². The molecule has 1 heterocycles. The zero-order valence-electron chi connectivity index (χ0n) is 22.6. The number of carbonyl (C=O) groups excluding carboxylic acids is 1. The molecule has 5 rings (SSSR count). The van der Waals surface area contributed by atoms with Crippen LogP contribution in [0.2, 0.25) is 0 Å². The van der Waals surface area contributed by atoms with Crippen LogP contribution in [0.15, 0.2) is 108 Å². The Labute approximate surface area is 220 Å². The van der Waals surface area contributed by atoms with E-state index >= 15 is 0 Å². The molecule has 0 aromatic heterocycles. The van der Waals surface area contributed by atoms with Crippen LogP contribution in [-0.2, 0) is 15.6 Å². The van der Waals surface area contributed by atoms with E-state index in [1.165, 1.54) is 27.5 Å². The van der Waals surface area contributed by atoms with Gasteiger partial charge in [-0.2, -0.15) is 0 Å². The summed E-state index contributed by atoms with van der Waals surface area (Å²) in [5.41, 5.74) is 6.57. The van der Waals surface area contributed by atoms with E-state index in [9.17, 15) is 9.90 Å². The first-order chi connectivity index (χ1) is 17.5. The van der Waals surface area contributed by atoms with Gasteiger partial charge >= 0.3 is 0 Å². The zero-order valence-corrected chi connectivity index (χ0v) is 22.6. The maximum atomic E-state index is 13.3. The van der Waals surface area contributed by atoms with E-state index in [1.807, 2.05) is 18.2 Å². The fraction of sp³-hybridized carbons (Fsp3) is 0.265. The molecular weight excluding hydrogens is 454 g/mol. The van der Waals surface area contributed by atoms with Crippen molar-refractivity contribution in [2.24, 2.45) is 0 Å². The molecule has 1 aliphatic heterocycles. The molecule has 188 valence electrons. The van der Waals surface area contributed by atoms with Gasteiger partial charge in [0.05, 0.1) is 11.1 Å². The third-order valence-corrected chi connectivity index (χ3v) is 8.28. The molecule has 37 heavy (non-hydrogen) atoms. The SMILES string of the molecule is C=C(/C=C1\C(=O)C(/C=C2\N(CC)c3ccccc3C2(C)C)=C1O)C(C)(C)c1c(C)ccc2ccccc12. The minimum absolute atomic E-state index is 0.0481. The highest BCUT2D eigenvalue weighted by Gasteiger charge is 2.42. The molecule has 0 bridgehead atoms. The summed E-state index contributed by atoms with van der Waals surface area (Å²) in [6.45, 7) is 18.0. The molecule has 0 radical (unpaired) electrons. The minimum Gasteiger partial charge on any atom is -0.506 e. The fourth-order valence-electron chi connectivity index (χ4n) is 6.01. The number of hydrogen-bond donors (Lipinski definition) is 1. The maximum absolute atomic E-state index is 13.3. The van der Waals surface area contributed by atoms with E-state index in [4.69, 9.17) is 0 Å². The average molecular weight is 490 g/mol. The molecule has 0 spiro atoms. The van der Waals surface area contributed by atoms with E-state index in [1.54, 1.807) is 6.08 Å². The molecular formula is C34H35NO2. The lowest BCUT2D eigenvalue weighted by Crippen LogP contribution is -2.29. The molecule has 1 aliphatic carbocycles. The van der Waals surface area contributed by atoms with Gasteiger partial charge in [-0.25, -0.2) is 0 Å². The number of benzene rings is 3. The third kappa shape index (κ3) is 3.68. The molecule has 3 heteroatoms. The van der Waals surface area contributed by atoms with Gasteiger partial charge < -0.3 is 10.0 Å². The van der Waals surface area contributed by atoms with Crippen LogP contribution in [0.1, 0.15) is 51.3 Å². The monoisotopic (exact) mass is 489 g/mol. The van der Waals surface area contributed by atoms with E-state index < -0.39 is 5.41 Å². The first-order valence-corrected chi connectivity index (χ1v) is 13.0. The van der Waals surface area contributed by atoms with Crippen molar-refractivity contribution in [3.8, 4) is 0 Å². The number of fused-ring (bicyclic) bond motifs is 2. The molecule has 3 nitrogen and oxygen atoms in total. The van der Waals surface area contributed by atoms with Crippen molar-refractivity contribution >= 4 is 22.2 Å². The van der Waals surface area contributed by atoms with E-state index in [2.05, 4.69) is 102 Å². The van der Waals surface area contributed by atoms with Crippen molar-refractivity contribution in [3.05, 3.63) is 124 Å². The minimum atomic E-state index is -0.430. The van der Waals surface area contributed by atoms with Gasteiger partial charge in [0.15, 0.2) is 0 Å². The number of carbonyl (C=O) groups is 1. The van der Waals surface area contributed by atoms with E-state index in [0.29, 0.717) is 11.1 Å². The molecule has 3 aromatic carbocycles. The summed E-state index contributed by atoms with van der Waals surface area (Å²) in [6, 6.07) is 21.0. The lowest BCUT2D eigenvalue weighted by atomic mass is 9.72. The summed E-state index contributed by atoms with van der Waals surface area (Å²) >= 11 is 0. The molecule has 0 unspecified atom stereocenters. The smallest absolute Gasteiger partial charge is 0.200 e. The second-order valence-electron chi connectivity index (χ2n) is 11.2. The molecule has 2 aliphatic rings. The predicted octanol–water partition coefficient (Wildman–Crippen LogP) is 8.00. The Morgan fingerprint density at radius 2 is 1.73 bits per heavy atom. The van der Waals surface area contributed by atoms with Gasteiger partial charge in [-0.05, 0) is 65.1 Å². The Morgan fingerprint density at radius 1 is 1.05 bits per heavy atom. The highest BCUT2D eigenvalue weighted by molar-refractivity contribution is 6.21. The van der Waals surface area contributed by atoms with Crippen LogP contribution in [0.4, 0.5) is 5.69 Å². The summed E-state index contributed by atoms with van der Waals surface area (Å²) in [5, 5.41) is 13.4. The fourth-order valence-corrected chi connectivity index (χ4v) is 6.01. The number of ketones is 1. The summed E-state index contributed by atoms with van der Waals surface area (Å²) in [5.74, 6) is -0.0914. The molecule has 1 N–H and O–H groups in total. The Bertz CT molecular complexity index is 1560. The Morgan fingerprint density at radius 3 is 2.43 bits per heavy atom. The van der Waals surface area contributed by atoms with E-state index in [0.717, 1.165) is 23.5 Å². The normalized spacial score (nSPS) is 19.1. The van der Waals surface area contributed by atoms with Crippen LogP contribution in [-0.4, -0.2) is 17.4 Å². The number of aryl methyl sites for hydroxylation is 1. The van der Waals surface area contributed by atoms with Gasteiger partial charge in [0, 0.05) is 28.8 Å². The molecule has 0 saturated heterocycles. The van der Waals surface area contributed by atoms with Gasteiger partial charge in [-0.3, -0.25) is 4.79 Å². The lowest BCUT2D eigenvalue weighted by molar-refractivity contribution is -0.113. The van der Waals surface area contributed by atoms with Crippen LogP contribution in [0.25, 0.3) is 10.8 Å². The summed E-state index contributed by atoms with van der Waals surface area (Å²) in [6.07, 6.45) is 3.65. The second kappa shape index (κ2) is 8.62. The average Bonchev–Trinajstić information content (AvgIpc) is 3.10. The van der Waals surface area contributed by atoms with Crippen LogP contribution >= 0.6 is 0 Å². The number of likely N-dealkylation sites (N-methyl/N-ethyl adjacent to an activating group) is 1. The number of Topliss-reactive ketones (excluding diaryl/α,β-unsaturated/α-hetero) is 1. The van der Waals surface area contributed by atoms with Crippen LogP contribution < -0.4 is 4.90 Å². The van der Waals surface area contributed by atoms with Crippen molar-refractivity contribution in [1.29, 1.82) is 0 Å². The standard InChI is InChI=1S/C34H35NO2/c1-8-35-28-16-12-11-15-27(28)34(6,7)29(35)20-26-31(36)25(32(26)37)19-22(3)33(4,5)30-21(2)17-18-23-13-9-10-14-24(23)30/h9-20,36H,3,8H2,1-2,4-7H3/b25-19-,29-20-. The van der Waals surface area contributed by atoms with Gasteiger partial charge in [0.1, 0.15) is 5.76 Å². The maximum Gasteiger partial charge on any atom is 0.200 e. The molecule has 3 aromatic rings. The summed E-state index contributed by atoms with van der Waals surface area (Å²) < 4.78 is 0. The highest BCUT2D eigenvalue weighted by Crippen LogP contribution is 2.49. The number of hydrogen-bond acceptors (Lipinski definition) is 3. The molecule has 0 fully saturated rings.